The Morgan fingerprint density at radius 3 is 2.62 bits per heavy atom. The molecule has 5 nitrogen and oxygen atoms in total. The van der Waals surface area contributed by atoms with Crippen molar-refractivity contribution in [2.45, 2.75) is 12.1 Å². The Kier molecular flexibility index (Phi) is 3.29. The highest BCUT2D eigenvalue weighted by Crippen LogP contribution is 2.49. The van der Waals surface area contributed by atoms with Gasteiger partial charge in [0.05, 0.1) is 30.5 Å². The van der Waals surface area contributed by atoms with Crippen LogP contribution in [0.4, 0.5) is 0 Å². The minimum atomic E-state index is -0.533. The van der Waals surface area contributed by atoms with E-state index in [-0.39, 0.29) is 24.4 Å². The normalized spacial score (nSPS) is 32.0. The lowest BCUT2D eigenvalue weighted by molar-refractivity contribution is -0.139. The first-order valence-corrected chi connectivity index (χ1v) is 7.36. The van der Waals surface area contributed by atoms with Crippen LogP contribution in [0, 0.1) is 36.5 Å². The number of amides is 2. The molecule has 1 aromatic rings. The van der Waals surface area contributed by atoms with Gasteiger partial charge in [0.2, 0.25) is 11.8 Å². The number of hydrogen-bond donors (Lipinski definition) is 0. The number of terminal acetylenes is 2. The van der Waals surface area contributed by atoms with Gasteiger partial charge in [0.25, 0.3) is 0 Å². The summed E-state index contributed by atoms with van der Waals surface area (Å²) in [6.45, 7) is 0.288. The first-order valence-electron chi connectivity index (χ1n) is 6.48. The molecule has 0 aliphatic carbocycles. The van der Waals surface area contributed by atoms with Crippen molar-refractivity contribution in [3.8, 4) is 24.7 Å². The Morgan fingerprint density at radius 1 is 1.33 bits per heavy atom. The molecule has 0 aromatic carbocycles. The number of nitrogens with zero attached hydrogens (tertiary/aromatic N) is 3. The molecule has 3 rings (SSSR count). The molecule has 0 radical (unpaired) electrons. The van der Waals surface area contributed by atoms with Crippen LogP contribution in [0.3, 0.4) is 0 Å². The van der Waals surface area contributed by atoms with Crippen LogP contribution in [0.1, 0.15) is 11.0 Å². The second-order valence-corrected chi connectivity index (χ2v) is 6.02. The minimum absolute atomic E-state index is 0.204. The highest BCUT2D eigenvalue weighted by Gasteiger charge is 2.61. The molecule has 0 bridgehead atoms. The lowest BCUT2D eigenvalue weighted by atomic mass is 9.90. The molecule has 2 saturated heterocycles. The molecular formula is C15H13N3O2S. The number of likely N-dealkylation sites (tertiary alicyclic amines) is 2. The monoisotopic (exact) mass is 299 g/mol. The summed E-state index contributed by atoms with van der Waals surface area (Å²) in [6, 6.07) is -0.796. The predicted molar refractivity (Wildman–Crippen MR) is 77.8 cm³/mol. The number of thiazole rings is 1. The summed E-state index contributed by atoms with van der Waals surface area (Å²) in [6.07, 6.45) is 12.7. The molecule has 2 amide bonds. The van der Waals surface area contributed by atoms with Gasteiger partial charge in [-0.3, -0.25) is 19.4 Å². The zero-order valence-corrected chi connectivity index (χ0v) is 12.2. The second-order valence-electron chi connectivity index (χ2n) is 5.09. The maximum atomic E-state index is 12.4. The maximum Gasteiger partial charge on any atom is 0.235 e. The Bertz CT molecular complexity index is 670. The minimum Gasteiger partial charge on any atom is -0.285 e. The van der Waals surface area contributed by atoms with Crippen molar-refractivity contribution in [1.29, 1.82) is 0 Å². The standard InChI is InChI=1S/C15H13N3O2S/c1-4-7-18-9(5-2)10-11(15(20)17(3)14(10)19)12(18)13-16-6-8-21-13/h1-2,6,8-12H,7H2,3H3/t9-,10-,11-,12+/m0/s1. The molecule has 106 valence electrons. The zero-order chi connectivity index (χ0) is 15.1. The molecule has 21 heavy (non-hydrogen) atoms. The molecule has 0 N–H and O–H groups in total. The molecular weight excluding hydrogens is 286 g/mol. The van der Waals surface area contributed by atoms with Crippen LogP contribution in [-0.4, -0.2) is 46.2 Å². The van der Waals surface area contributed by atoms with E-state index in [2.05, 4.69) is 16.8 Å². The van der Waals surface area contributed by atoms with Gasteiger partial charge >= 0.3 is 0 Å². The summed E-state index contributed by atoms with van der Waals surface area (Å²) >= 11 is 1.44. The SMILES string of the molecule is C#CCN1[C@@H](C#C)[C@@H]2C(=O)N(C)C(=O)[C@@H]2[C@@H]1c1nccs1. The second kappa shape index (κ2) is 5.00. The van der Waals surface area contributed by atoms with Crippen molar-refractivity contribution in [3.05, 3.63) is 16.6 Å². The lowest BCUT2D eigenvalue weighted by Gasteiger charge is -2.27. The van der Waals surface area contributed by atoms with Crippen molar-refractivity contribution in [3.63, 3.8) is 0 Å². The van der Waals surface area contributed by atoms with E-state index < -0.39 is 17.9 Å². The van der Waals surface area contributed by atoms with Gasteiger partial charge in [0, 0.05) is 18.6 Å². The molecule has 1 aromatic heterocycles. The predicted octanol–water partition coefficient (Wildman–Crippen LogP) is 0.366. The first-order chi connectivity index (χ1) is 10.1. The van der Waals surface area contributed by atoms with Gasteiger partial charge in [-0.05, 0) is 0 Å². The Hall–Kier alpha value is -2.15. The van der Waals surface area contributed by atoms with E-state index in [9.17, 15) is 9.59 Å². The third-order valence-corrected chi connectivity index (χ3v) is 5.01. The van der Waals surface area contributed by atoms with Crippen LogP contribution < -0.4 is 0 Å². The van der Waals surface area contributed by atoms with Crippen LogP contribution in [0.25, 0.3) is 0 Å². The molecule has 3 heterocycles. The van der Waals surface area contributed by atoms with Crippen molar-refractivity contribution < 1.29 is 9.59 Å². The molecule has 4 atom stereocenters. The molecule has 2 fully saturated rings. The van der Waals surface area contributed by atoms with Crippen LogP contribution >= 0.6 is 11.3 Å². The Balaban J connectivity index is 2.12. The van der Waals surface area contributed by atoms with E-state index in [0.717, 1.165) is 5.01 Å². The number of aromatic nitrogens is 1. The van der Waals surface area contributed by atoms with E-state index in [1.165, 1.54) is 23.3 Å². The Morgan fingerprint density at radius 2 is 2.05 bits per heavy atom. The average Bonchev–Trinajstić information content (AvgIpc) is 3.14. The molecule has 0 spiro atoms. The molecule has 0 saturated carbocycles. The number of hydrogen-bond acceptors (Lipinski definition) is 5. The van der Waals surface area contributed by atoms with Crippen molar-refractivity contribution in [2.24, 2.45) is 11.8 Å². The number of carbonyl (C=O) groups excluding carboxylic acids is 2. The summed E-state index contributed by atoms with van der Waals surface area (Å²) in [5.74, 6) is 3.75. The summed E-state index contributed by atoms with van der Waals surface area (Å²) < 4.78 is 0. The van der Waals surface area contributed by atoms with Gasteiger partial charge in [-0.2, -0.15) is 0 Å². The lowest BCUT2D eigenvalue weighted by Crippen LogP contribution is -2.40. The van der Waals surface area contributed by atoms with Crippen molar-refractivity contribution in [1.82, 2.24) is 14.8 Å². The molecule has 0 unspecified atom stereocenters. The van der Waals surface area contributed by atoms with E-state index in [4.69, 9.17) is 12.8 Å². The van der Waals surface area contributed by atoms with Crippen LogP contribution in [-0.2, 0) is 9.59 Å². The largest absolute Gasteiger partial charge is 0.285 e. The third-order valence-electron chi connectivity index (χ3n) is 4.16. The van der Waals surface area contributed by atoms with E-state index in [1.807, 2.05) is 10.3 Å². The fourth-order valence-corrected chi connectivity index (χ4v) is 4.09. The first kappa shape index (κ1) is 13.8. The van der Waals surface area contributed by atoms with Crippen molar-refractivity contribution in [2.75, 3.05) is 13.6 Å². The topological polar surface area (TPSA) is 53.5 Å². The fourth-order valence-electron chi connectivity index (χ4n) is 3.29. The van der Waals surface area contributed by atoms with Gasteiger partial charge in [-0.25, -0.2) is 4.98 Å². The smallest absolute Gasteiger partial charge is 0.235 e. The van der Waals surface area contributed by atoms with Gasteiger partial charge in [0.1, 0.15) is 5.01 Å². The van der Waals surface area contributed by atoms with Gasteiger partial charge in [-0.15, -0.1) is 24.2 Å². The summed E-state index contributed by atoms with van der Waals surface area (Å²) in [5, 5.41) is 2.61. The van der Waals surface area contributed by atoms with Crippen molar-refractivity contribution >= 4 is 23.2 Å². The quantitative estimate of drug-likeness (QED) is 0.585. The summed E-state index contributed by atoms with van der Waals surface area (Å²) in [4.78, 5) is 32.1. The number of rotatable bonds is 2. The molecule has 2 aliphatic heterocycles. The van der Waals surface area contributed by atoms with E-state index >= 15 is 0 Å². The highest BCUT2D eigenvalue weighted by molar-refractivity contribution is 7.09. The fraction of sp³-hybridized carbons (Fsp3) is 0.400. The van der Waals surface area contributed by atoms with E-state index in [0.29, 0.717) is 0 Å². The highest BCUT2D eigenvalue weighted by atomic mass is 32.1. The van der Waals surface area contributed by atoms with Crippen LogP contribution in [0.15, 0.2) is 11.6 Å². The summed E-state index contributed by atoms with van der Waals surface area (Å²) in [5.41, 5.74) is 0. The maximum absolute atomic E-state index is 12.4. The Labute approximate surface area is 127 Å². The van der Waals surface area contributed by atoms with Gasteiger partial charge in [-0.1, -0.05) is 11.8 Å². The number of carbonyl (C=O) groups is 2. The average molecular weight is 299 g/mol. The molecule has 6 heteroatoms. The van der Waals surface area contributed by atoms with Gasteiger partial charge < -0.3 is 0 Å². The number of imide groups is 1. The van der Waals surface area contributed by atoms with Gasteiger partial charge in [0.15, 0.2) is 0 Å². The summed E-state index contributed by atoms with van der Waals surface area (Å²) in [7, 11) is 1.50. The van der Waals surface area contributed by atoms with Crippen LogP contribution in [0.5, 0.6) is 0 Å². The molecule has 2 aliphatic rings. The van der Waals surface area contributed by atoms with Crippen LogP contribution in [0.2, 0.25) is 0 Å². The third kappa shape index (κ3) is 1.80. The van der Waals surface area contributed by atoms with E-state index in [1.54, 1.807) is 6.20 Å². The number of fused-ring (bicyclic) bond motifs is 1. The zero-order valence-electron chi connectivity index (χ0n) is 11.4.